The molecule has 1 unspecified atom stereocenters. The highest BCUT2D eigenvalue weighted by Gasteiger charge is 2.01. The minimum Gasteiger partial charge on any atom is -0.481 e. The van der Waals surface area contributed by atoms with Gasteiger partial charge in [-0.05, 0) is 25.0 Å². The Morgan fingerprint density at radius 3 is 2.16 bits per heavy atom. The van der Waals surface area contributed by atoms with Gasteiger partial charge in [0, 0.05) is 11.7 Å². The molecule has 3 heteroatoms. The number of carboxylic acid groups (broad SMARTS) is 1. The molecule has 19 heavy (non-hydrogen) atoms. The van der Waals surface area contributed by atoms with E-state index >= 15 is 0 Å². The van der Waals surface area contributed by atoms with Crippen molar-refractivity contribution < 1.29 is 9.90 Å². The maximum Gasteiger partial charge on any atom is 0.303 e. The molecular weight excluding hydrogens is 256 g/mol. The highest BCUT2D eigenvalue weighted by atomic mass is 32.2. The van der Waals surface area contributed by atoms with Gasteiger partial charge in [0.1, 0.15) is 0 Å². The molecule has 0 heterocycles. The van der Waals surface area contributed by atoms with E-state index in [1.807, 2.05) is 0 Å². The van der Waals surface area contributed by atoms with Crippen molar-refractivity contribution in [1.82, 2.24) is 0 Å². The molecule has 0 rings (SSSR count). The SMILES string of the molecule is CCCCC(C)SCCCCCCCCCC(=O)O. The van der Waals surface area contributed by atoms with Gasteiger partial charge in [-0.3, -0.25) is 4.79 Å². The third-order valence-corrected chi connectivity index (χ3v) is 4.73. The van der Waals surface area contributed by atoms with Crippen LogP contribution in [0.5, 0.6) is 0 Å². The molecule has 0 aromatic carbocycles. The van der Waals surface area contributed by atoms with E-state index in [1.54, 1.807) is 0 Å². The Morgan fingerprint density at radius 2 is 1.58 bits per heavy atom. The fourth-order valence-electron chi connectivity index (χ4n) is 2.12. The topological polar surface area (TPSA) is 37.3 Å². The number of thioether (sulfide) groups is 1. The number of carbonyl (C=O) groups is 1. The maximum absolute atomic E-state index is 10.3. The second kappa shape index (κ2) is 14.2. The Kier molecular flexibility index (Phi) is 14.1. The van der Waals surface area contributed by atoms with Crippen LogP contribution in [0.3, 0.4) is 0 Å². The zero-order valence-corrected chi connectivity index (χ0v) is 13.6. The number of hydrogen-bond acceptors (Lipinski definition) is 2. The lowest BCUT2D eigenvalue weighted by Gasteiger charge is -2.09. The van der Waals surface area contributed by atoms with E-state index in [0.717, 1.165) is 18.1 Å². The summed E-state index contributed by atoms with van der Waals surface area (Å²) in [5, 5.41) is 9.34. The number of carboxylic acids is 1. The summed E-state index contributed by atoms with van der Waals surface area (Å²) in [4.78, 5) is 10.3. The van der Waals surface area contributed by atoms with Crippen LogP contribution in [0.25, 0.3) is 0 Å². The molecular formula is C16H32O2S. The van der Waals surface area contributed by atoms with Crippen LogP contribution in [-0.4, -0.2) is 22.1 Å². The predicted octanol–water partition coefficient (Wildman–Crippen LogP) is 5.50. The van der Waals surface area contributed by atoms with Crippen LogP contribution < -0.4 is 0 Å². The third-order valence-electron chi connectivity index (χ3n) is 3.40. The molecule has 0 amide bonds. The van der Waals surface area contributed by atoms with Crippen molar-refractivity contribution in [2.75, 3.05) is 5.75 Å². The molecule has 0 fully saturated rings. The average molecular weight is 288 g/mol. The van der Waals surface area contributed by atoms with Crippen LogP contribution in [0, 0.1) is 0 Å². The molecule has 1 atom stereocenters. The van der Waals surface area contributed by atoms with Gasteiger partial charge >= 0.3 is 5.97 Å². The quantitative estimate of drug-likeness (QED) is 0.429. The van der Waals surface area contributed by atoms with Crippen LogP contribution in [-0.2, 0) is 4.79 Å². The van der Waals surface area contributed by atoms with E-state index < -0.39 is 5.97 Å². The van der Waals surface area contributed by atoms with E-state index in [1.165, 1.54) is 57.1 Å². The summed E-state index contributed by atoms with van der Waals surface area (Å²) >= 11 is 2.13. The molecule has 0 saturated heterocycles. The zero-order chi connectivity index (χ0) is 14.3. The van der Waals surface area contributed by atoms with Gasteiger partial charge in [-0.15, -0.1) is 0 Å². The second-order valence-electron chi connectivity index (χ2n) is 5.44. The van der Waals surface area contributed by atoms with E-state index in [9.17, 15) is 4.79 Å². The number of rotatable bonds is 14. The normalized spacial score (nSPS) is 12.5. The van der Waals surface area contributed by atoms with Gasteiger partial charge < -0.3 is 5.11 Å². The smallest absolute Gasteiger partial charge is 0.303 e. The van der Waals surface area contributed by atoms with Crippen molar-refractivity contribution in [2.24, 2.45) is 0 Å². The van der Waals surface area contributed by atoms with Crippen molar-refractivity contribution in [3.05, 3.63) is 0 Å². The van der Waals surface area contributed by atoms with Crippen LogP contribution in [0.2, 0.25) is 0 Å². The van der Waals surface area contributed by atoms with Gasteiger partial charge in [0.15, 0.2) is 0 Å². The lowest BCUT2D eigenvalue weighted by molar-refractivity contribution is -0.137. The van der Waals surface area contributed by atoms with Crippen LogP contribution in [0.1, 0.15) is 84.5 Å². The summed E-state index contributed by atoms with van der Waals surface area (Å²) in [6.45, 7) is 4.61. The largest absolute Gasteiger partial charge is 0.481 e. The molecule has 1 N–H and O–H groups in total. The minimum absolute atomic E-state index is 0.340. The van der Waals surface area contributed by atoms with Crippen molar-refractivity contribution in [3.8, 4) is 0 Å². The van der Waals surface area contributed by atoms with Crippen LogP contribution >= 0.6 is 11.8 Å². The molecule has 114 valence electrons. The Bertz CT molecular complexity index is 207. The fourth-order valence-corrected chi connectivity index (χ4v) is 3.23. The lowest BCUT2D eigenvalue weighted by atomic mass is 10.1. The molecule has 0 aromatic rings. The summed E-state index contributed by atoms with van der Waals surface area (Å²) in [5.74, 6) is 0.651. The standard InChI is InChI=1S/C16H32O2S/c1-3-4-12-15(2)19-14-11-9-7-5-6-8-10-13-16(17)18/h15H,3-14H2,1-2H3,(H,17,18). The molecule has 0 aliphatic rings. The first kappa shape index (κ1) is 18.8. The van der Waals surface area contributed by atoms with Gasteiger partial charge in [0.25, 0.3) is 0 Å². The second-order valence-corrected chi connectivity index (χ2v) is 6.99. The van der Waals surface area contributed by atoms with E-state index in [2.05, 4.69) is 25.6 Å². The Balaban J connectivity index is 3.08. The first-order chi connectivity index (χ1) is 9.16. The summed E-state index contributed by atoms with van der Waals surface area (Å²) in [6.07, 6.45) is 12.8. The van der Waals surface area contributed by atoms with Crippen molar-refractivity contribution >= 4 is 17.7 Å². The highest BCUT2D eigenvalue weighted by molar-refractivity contribution is 7.99. The Morgan fingerprint density at radius 1 is 1.00 bits per heavy atom. The van der Waals surface area contributed by atoms with Crippen LogP contribution in [0.15, 0.2) is 0 Å². The molecule has 0 saturated carbocycles. The first-order valence-electron chi connectivity index (χ1n) is 8.00. The van der Waals surface area contributed by atoms with Gasteiger partial charge in [-0.25, -0.2) is 0 Å². The first-order valence-corrected chi connectivity index (χ1v) is 9.05. The molecule has 0 aromatic heterocycles. The summed E-state index contributed by atoms with van der Waals surface area (Å²) in [5.41, 5.74) is 0. The van der Waals surface area contributed by atoms with Gasteiger partial charge in [-0.1, -0.05) is 58.8 Å². The molecule has 0 bridgehead atoms. The molecule has 0 aliphatic carbocycles. The molecule has 0 radical (unpaired) electrons. The summed E-state index contributed by atoms with van der Waals surface area (Å²) < 4.78 is 0. The lowest BCUT2D eigenvalue weighted by Crippen LogP contribution is -1.97. The number of hydrogen-bond donors (Lipinski definition) is 1. The predicted molar refractivity (Wildman–Crippen MR) is 86.0 cm³/mol. The molecule has 2 nitrogen and oxygen atoms in total. The number of unbranched alkanes of at least 4 members (excludes halogenated alkanes) is 7. The van der Waals surface area contributed by atoms with Gasteiger partial charge in [-0.2, -0.15) is 11.8 Å². The van der Waals surface area contributed by atoms with Crippen molar-refractivity contribution in [3.63, 3.8) is 0 Å². The van der Waals surface area contributed by atoms with E-state index in [-0.39, 0.29) is 0 Å². The molecule has 0 aliphatic heterocycles. The zero-order valence-electron chi connectivity index (χ0n) is 12.8. The van der Waals surface area contributed by atoms with Crippen LogP contribution in [0.4, 0.5) is 0 Å². The summed E-state index contributed by atoms with van der Waals surface area (Å²) in [6, 6.07) is 0. The van der Waals surface area contributed by atoms with Gasteiger partial charge in [0.2, 0.25) is 0 Å². The van der Waals surface area contributed by atoms with Crippen molar-refractivity contribution in [1.29, 1.82) is 0 Å². The number of aliphatic carboxylic acids is 1. The maximum atomic E-state index is 10.3. The van der Waals surface area contributed by atoms with Crippen molar-refractivity contribution in [2.45, 2.75) is 89.7 Å². The minimum atomic E-state index is -0.658. The average Bonchev–Trinajstić information content (AvgIpc) is 2.38. The summed E-state index contributed by atoms with van der Waals surface area (Å²) in [7, 11) is 0. The highest BCUT2D eigenvalue weighted by Crippen LogP contribution is 2.19. The fraction of sp³-hybridized carbons (Fsp3) is 0.938. The third kappa shape index (κ3) is 15.8. The monoisotopic (exact) mass is 288 g/mol. The van der Waals surface area contributed by atoms with Gasteiger partial charge in [0.05, 0.1) is 0 Å². The Labute approximate surface area is 123 Å². The molecule has 0 spiro atoms. The Hall–Kier alpha value is -0.180. The van der Waals surface area contributed by atoms with E-state index in [0.29, 0.717) is 6.42 Å². The van der Waals surface area contributed by atoms with E-state index in [4.69, 9.17) is 5.11 Å².